The summed E-state index contributed by atoms with van der Waals surface area (Å²) in [7, 11) is 3.61. The van der Waals surface area contributed by atoms with Crippen molar-refractivity contribution in [1.29, 1.82) is 0 Å². The Hall–Kier alpha value is -2.42. The Morgan fingerprint density at radius 3 is 2.71 bits per heavy atom. The molecule has 2 aromatic rings. The fraction of sp³-hybridized carbons (Fsp3) is 0.684. The summed E-state index contributed by atoms with van der Waals surface area (Å²) < 4.78 is 7.51. The summed E-state index contributed by atoms with van der Waals surface area (Å²) in [5, 5.41) is 13.1. The van der Waals surface area contributed by atoms with Gasteiger partial charge in [-0.3, -0.25) is 4.90 Å². The lowest BCUT2D eigenvalue weighted by Crippen LogP contribution is -2.45. The molecule has 1 atom stereocenters. The Kier molecular flexibility index (Phi) is 5.09. The number of aromatic nitrogens is 4. The highest BCUT2D eigenvalue weighted by Crippen LogP contribution is 2.32. The molecule has 28 heavy (non-hydrogen) atoms. The Morgan fingerprint density at radius 2 is 2.00 bits per heavy atom. The molecule has 1 saturated heterocycles. The Bertz CT molecular complexity index is 837. The van der Waals surface area contributed by atoms with Crippen LogP contribution in [0.5, 0.6) is 0 Å². The summed E-state index contributed by atoms with van der Waals surface area (Å²) in [4.78, 5) is 18.6. The minimum atomic E-state index is 0.0130. The van der Waals surface area contributed by atoms with Gasteiger partial charge in [0.25, 0.3) is 0 Å². The average molecular weight is 387 g/mol. The van der Waals surface area contributed by atoms with Gasteiger partial charge in [-0.2, -0.15) is 0 Å². The van der Waals surface area contributed by atoms with Crippen LogP contribution in [0.25, 0.3) is 0 Å². The second-order valence-corrected chi connectivity index (χ2v) is 8.02. The van der Waals surface area contributed by atoms with Crippen LogP contribution < -0.4 is 0 Å². The van der Waals surface area contributed by atoms with Gasteiger partial charge in [0.1, 0.15) is 11.6 Å². The Labute approximate surface area is 165 Å². The first kappa shape index (κ1) is 18.9. The number of rotatable bonds is 3. The van der Waals surface area contributed by atoms with E-state index >= 15 is 0 Å². The fourth-order valence-corrected chi connectivity index (χ4v) is 4.25. The number of piperidine rings is 1. The van der Waals surface area contributed by atoms with E-state index in [1.807, 2.05) is 18.7 Å². The molecule has 2 amide bonds. The van der Waals surface area contributed by atoms with Crippen LogP contribution in [-0.2, 0) is 19.6 Å². The summed E-state index contributed by atoms with van der Waals surface area (Å²) in [6.07, 6.45) is 3.10. The monoisotopic (exact) mass is 387 g/mol. The summed E-state index contributed by atoms with van der Waals surface area (Å²) in [6, 6.07) is 0.0666. The maximum atomic E-state index is 12.6. The van der Waals surface area contributed by atoms with Gasteiger partial charge in [-0.25, -0.2) is 4.79 Å². The highest BCUT2D eigenvalue weighted by molar-refractivity contribution is 5.74. The van der Waals surface area contributed by atoms with Crippen LogP contribution in [0.4, 0.5) is 4.79 Å². The van der Waals surface area contributed by atoms with Crippen LogP contribution in [0, 0.1) is 13.8 Å². The Morgan fingerprint density at radius 1 is 1.18 bits per heavy atom. The molecule has 1 fully saturated rings. The van der Waals surface area contributed by atoms with E-state index in [0.717, 1.165) is 80.7 Å². The zero-order valence-electron chi connectivity index (χ0n) is 17.2. The number of amides is 2. The maximum absolute atomic E-state index is 12.6. The van der Waals surface area contributed by atoms with Gasteiger partial charge in [0.2, 0.25) is 0 Å². The van der Waals surface area contributed by atoms with E-state index in [4.69, 9.17) is 4.52 Å². The molecule has 2 aliphatic rings. The average Bonchev–Trinajstić information content (AvgIpc) is 3.25. The Balaban J connectivity index is 1.52. The summed E-state index contributed by atoms with van der Waals surface area (Å²) in [6.45, 7) is 8.01. The maximum Gasteiger partial charge on any atom is 0.320 e. The first-order chi connectivity index (χ1) is 13.5. The van der Waals surface area contributed by atoms with E-state index in [1.54, 1.807) is 19.0 Å². The van der Waals surface area contributed by atoms with Crippen molar-refractivity contribution in [3.63, 3.8) is 0 Å². The third-order valence-corrected chi connectivity index (χ3v) is 5.85. The van der Waals surface area contributed by atoms with Crippen LogP contribution in [-0.4, -0.2) is 67.8 Å². The van der Waals surface area contributed by atoms with E-state index < -0.39 is 0 Å². The first-order valence-corrected chi connectivity index (χ1v) is 9.99. The van der Waals surface area contributed by atoms with Crippen molar-refractivity contribution in [1.82, 2.24) is 34.6 Å². The van der Waals surface area contributed by atoms with Gasteiger partial charge in [-0.15, -0.1) is 10.2 Å². The predicted molar refractivity (Wildman–Crippen MR) is 102 cm³/mol. The molecule has 152 valence electrons. The van der Waals surface area contributed by atoms with Gasteiger partial charge in [-0.1, -0.05) is 5.16 Å². The van der Waals surface area contributed by atoms with Gasteiger partial charge in [0.05, 0.1) is 18.3 Å². The van der Waals surface area contributed by atoms with E-state index in [2.05, 4.69) is 24.8 Å². The fourth-order valence-electron chi connectivity index (χ4n) is 4.25. The third kappa shape index (κ3) is 3.39. The standard InChI is InChI=1S/C19H29N7O2/c1-13-15(14(2)28-22-13)11-24-9-10-26-17(12-24)20-21-18(26)16-7-5-6-8-25(16)19(27)23(3)4/h16H,5-12H2,1-4H3. The van der Waals surface area contributed by atoms with Gasteiger partial charge < -0.3 is 18.9 Å². The topological polar surface area (TPSA) is 83.5 Å². The number of nitrogens with zero attached hydrogens (tertiary/aromatic N) is 7. The first-order valence-electron chi connectivity index (χ1n) is 9.99. The lowest BCUT2D eigenvalue weighted by molar-refractivity contribution is 0.121. The van der Waals surface area contributed by atoms with Crippen molar-refractivity contribution >= 4 is 6.03 Å². The number of fused-ring (bicyclic) bond motifs is 1. The van der Waals surface area contributed by atoms with Crippen LogP contribution in [0.2, 0.25) is 0 Å². The van der Waals surface area contributed by atoms with E-state index in [1.165, 1.54) is 0 Å². The van der Waals surface area contributed by atoms with Gasteiger partial charge in [0.15, 0.2) is 5.82 Å². The molecule has 0 aromatic carbocycles. The molecule has 0 N–H and O–H groups in total. The second-order valence-electron chi connectivity index (χ2n) is 8.02. The molecule has 2 aliphatic heterocycles. The van der Waals surface area contributed by atoms with Crippen molar-refractivity contribution in [3.8, 4) is 0 Å². The molecular formula is C19H29N7O2. The predicted octanol–water partition coefficient (Wildman–Crippen LogP) is 2.11. The van der Waals surface area contributed by atoms with Gasteiger partial charge >= 0.3 is 6.03 Å². The minimum absolute atomic E-state index is 0.0130. The second kappa shape index (κ2) is 7.54. The third-order valence-electron chi connectivity index (χ3n) is 5.85. The van der Waals surface area contributed by atoms with Crippen molar-refractivity contribution < 1.29 is 9.32 Å². The molecule has 2 aromatic heterocycles. The van der Waals surface area contributed by atoms with E-state index in [0.29, 0.717) is 0 Å². The van der Waals surface area contributed by atoms with Crippen LogP contribution >= 0.6 is 0 Å². The molecule has 0 bridgehead atoms. The molecule has 4 rings (SSSR count). The molecule has 9 nitrogen and oxygen atoms in total. The number of carbonyl (C=O) groups is 1. The highest BCUT2D eigenvalue weighted by atomic mass is 16.5. The number of urea groups is 1. The number of likely N-dealkylation sites (tertiary alicyclic amines) is 1. The molecule has 4 heterocycles. The van der Waals surface area contributed by atoms with Crippen LogP contribution in [0.1, 0.15) is 54.0 Å². The molecule has 0 radical (unpaired) electrons. The molecular weight excluding hydrogens is 358 g/mol. The minimum Gasteiger partial charge on any atom is -0.361 e. The molecule has 0 aliphatic carbocycles. The quantitative estimate of drug-likeness (QED) is 0.802. The number of carbonyl (C=O) groups excluding carboxylic acids is 1. The number of hydrogen-bond acceptors (Lipinski definition) is 6. The van der Waals surface area contributed by atoms with Crippen LogP contribution in [0.3, 0.4) is 0 Å². The molecule has 1 unspecified atom stereocenters. The zero-order valence-corrected chi connectivity index (χ0v) is 17.2. The normalized spacial score (nSPS) is 20.3. The largest absolute Gasteiger partial charge is 0.361 e. The molecule has 0 spiro atoms. The SMILES string of the molecule is Cc1noc(C)c1CN1CCn2c(nnc2C2CCCCN2C(=O)N(C)C)C1. The molecule has 9 heteroatoms. The lowest BCUT2D eigenvalue weighted by Gasteiger charge is -2.37. The molecule has 0 saturated carbocycles. The smallest absolute Gasteiger partial charge is 0.320 e. The summed E-state index contributed by atoms with van der Waals surface area (Å²) in [5.41, 5.74) is 2.11. The number of aryl methyl sites for hydroxylation is 2. The summed E-state index contributed by atoms with van der Waals surface area (Å²) >= 11 is 0. The van der Waals surface area contributed by atoms with E-state index in [9.17, 15) is 4.79 Å². The van der Waals surface area contributed by atoms with Crippen molar-refractivity contribution in [2.75, 3.05) is 27.2 Å². The number of hydrogen-bond donors (Lipinski definition) is 0. The zero-order chi connectivity index (χ0) is 19.8. The van der Waals surface area contributed by atoms with Crippen molar-refractivity contribution in [2.45, 2.75) is 58.8 Å². The van der Waals surface area contributed by atoms with E-state index in [-0.39, 0.29) is 12.1 Å². The highest BCUT2D eigenvalue weighted by Gasteiger charge is 2.34. The summed E-state index contributed by atoms with van der Waals surface area (Å²) in [5.74, 6) is 2.78. The lowest BCUT2D eigenvalue weighted by atomic mass is 10.0. The van der Waals surface area contributed by atoms with Gasteiger partial charge in [0, 0.05) is 45.8 Å². The van der Waals surface area contributed by atoms with Crippen molar-refractivity contribution in [2.24, 2.45) is 0 Å². The van der Waals surface area contributed by atoms with Crippen molar-refractivity contribution in [3.05, 3.63) is 28.7 Å². The van der Waals surface area contributed by atoms with Gasteiger partial charge in [-0.05, 0) is 33.1 Å². The van der Waals surface area contributed by atoms with Crippen LogP contribution in [0.15, 0.2) is 4.52 Å².